The minimum Gasteiger partial charge on any atom is -0.347 e. The van der Waals surface area contributed by atoms with Crippen molar-refractivity contribution in [1.82, 2.24) is 5.32 Å². The highest BCUT2D eigenvalue weighted by Gasteiger charge is 2.15. The Morgan fingerprint density at radius 1 is 1.35 bits per heavy atom. The zero-order valence-electron chi connectivity index (χ0n) is 10.7. The average Bonchev–Trinajstić information content (AvgIpc) is 3.00. The molecule has 2 nitrogen and oxygen atoms in total. The van der Waals surface area contributed by atoms with Crippen molar-refractivity contribution in [2.75, 3.05) is 0 Å². The third-order valence-electron chi connectivity index (χ3n) is 3.40. The summed E-state index contributed by atoms with van der Waals surface area (Å²) in [5.41, 5.74) is 2.08. The van der Waals surface area contributed by atoms with Gasteiger partial charge in [0.25, 0.3) is 5.91 Å². The van der Waals surface area contributed by atoms with Crippen molar-refractivity contribution >= 4 is 44.8 Å². The van der Waals surface area contributed by atoms with Gasteiger partial charge in [0.15, 0.2) is 0 Å². The normalized spacial score (nSPS) is 13.3. The molecule has 0 bridgehead atoms. The van der Waals surface area contributed by atoms with E-state index < -0.39 is 0 Å². The van der Waals surface area contributed by atoms with E-state index in [1.807, 2.05) is 11.3 Å². The van der Waals surface area contributed by atoms with Gasteiger partial charge in [0, 0.05) is 19.8 Å². The third kappa shape index (κ3) is 2.92. The van der Waals surface area contributed by atoms with E-state index in [1.54, 1.807) is 18.2 Å². The summed E-state index contributed by atoms with van der Waals surface area (Å²) in [6, 6.07) is 7.42. The summed E-state index contributed by atoms with van der Waals surface area (Å²) < 4.78 is 0.738. The van der Waals surface area contributed by atoms with E-state index in [0.717, 1.165) is 4.47 Å². The van der Waals surface area contributed by atoms with E-state index in [0.29, 0.717) is 17.1 Å². The Hall–Kier alpha value is -0.840. The van der Waals surface area contributed by atoms with Crippen LogP contribution in [-0.2, 0) is 19.4 Å². The molecular weight excluding hydrogens is 358 g/mol. The van der Waals surface area contributed by atoms with Gasteiger partial charge in [0.05, 0.1) is 11.6 Å². The van der Waals surface area contributed by atoms with E-state index in [-0.39, 0.29) is 5.91 Å². The number of amides is 1. The van der Waals surface area contributed by atoms with Gasteiger partial charge in [-0.2, -0.15) is 0 Å². The molecule has 5 heteroatoms. The summed E-state index contributed by atoms with van der Waals surface area (Å²) in [5.74, 6) is -0.0732. The lowest BCUT2D eigenvalue weighted by atomic mass is 10.2. The smallest absolute Gasteiger partial charge is 0.251 e. The van der Waals surface area contributed by atoms with Crippen LogP contribution >= 0.6 is 38.9 Å². The average molecular weight is 371 g/mol. The second-order valence-electron chi connectivity index (χ2n) is 4.83. The van der Waals surface area contributed by atoms with Gasteiger partial charge in [-0.05, 0) is 65.0 Å². The molecule has 2 aromatic rings. The highest BCUT2D eigenvalue weighted by atomic mass is 79.9. The highest BCUT2D eigenvalue weighted by Crippen LogP contribution is 2.30. The van der Waals surface area contributed by atoms with Gasteiger partial charge in [-0.15, -0.1) is 11.3 Å². The van der Waals surface area contributed by atoms with Gasteiger partial charge in [-0.25, -0.2) is 0 Å². The highest BCUT2D eigenvalue weighted by molar-refractivity contribution is 9.10. The lowest BCUT2D eigenvalue weighted by Crippen LogP contribution is -2.22. The molecule has 1 aromatic heterocycles. The summed E-state index contributed by atoms with van der Waals surface area (Å²) in [7, 11) is 0. The summed E-state index contributed by atoms with van der Waals surface area (Å²) in [4.78, 5) is 14.8. The van der Waals surface area contributed by atoms with Crippen LogP contribution in [-0.4, -0.2) is 5.91 Å². The van der Waals surface area contributed by atoms with Crippen LogP contribution in [0.15, 0.2) is 28.7 Å². The fourth-order valence-corrected chi connectivity index (χ4v) is 4.08. The van der Waals surface area contributed by atoms with Crippen LogP contribution in [0.3, 0.4) is 0 Å². The largest absolute Gasteiger partial charge is 0.347 e. The first-order chi connectivity index (χ1) is 9.63. The Bertz CT molecular complexity index is 646. The van der Waals surface area contributed by atoms with Gasteiger partial charge < -0.3 is 5.32 Å². The fraction of sp³-hybridized carbons (Fsp3) is 0.267. The summed E-state index contributed by atoms with van der Waals surface area (Å²) in [6.45, 7) is 0.594. The summed E-state index contributed by atoms with van der Waals surface area (Å²) >= 11 is 11.1. The molecule has 3 rings (SSSR count). The molecule has 1 amide bonds. The van der Waals surface area contributed by atoms with E-state index in [1.165, 1.54) is 34.6 Å². The van der Waals surface area contributed by atoms with E-state index >= 15 is 0 Å². The van der Waals surface area contributed by atoms with Crippen molar-refractivity contribution in [2.24, 2.45) is 0 Å². The van der Waals surface area contributed by atoms with Crippen LogP contribution in [0.5, 0.6) is 0 Å². The second-order valence-corrected chi connectivity index (χ2v) is 7.31. The molecule has 0 unspecified atom stereocenters. The Morgan fingerprint density at radius 3 is 2.95 bits per heavy atom. The molecule has 0 aliphatic heterocycles. The number of carbonyl (C=O) groups is 1. The Morgan fingerprint density at radius 2 is 2.20 bits per heavy atom. The zero-order chi connectivity index (χ0) is 14.1. The molecule has 0 spiro atoms. The molecule has 0 saturated carbocycles. The predicted octanol–water partition coefficient (Wildman–Crippen LogP) is 4.58. The third-order valence-corrected chi connectivity index (χ3v) is 5.85. The van der Waals surface area contributed by atoms with Crippen LogP contribution < -0.4 is 5.32 Å². The maximum Gasteiger partial charge on any atom is 0.251 e. The van der Waals surface area contributed by atoms with Crippen LogP contribution in [0.25, 0.3) is 0 Å². The number of hydrogen-bond acceptors (Lipinski definition) is 2. The number of halogens is 2. The summed E-state index contributed by atoms with van der Waals surface area (Å²) in [5, 5.41) is 3.57. The van der Waals surface area contributed by atoms with Crippen LogP contribution in [0.1, 0.15) is 32.1 Å². The lowest BCUT2D eigenvalue weighted by molar-refractivity contribution is 0.0951. The van der Waals surface area contributed by atoms with Crippen LogP contribution in [0.2, 0.25) is 5.02 Å². The van der Waals surface area contributed by atoms with Crippen molar-refractivity contribution < 1.29 is 4.79 Å². The van der Waals surface area contributed by atoms with Gasteiger partial charge in [0.1, 0.15) is 0 Å². The van der Waals surface area contributed by atoms with Crippen molar-refractivity contribution in [3.63, 3.8) is 0 Å². The first kappa shape index (κ1) is 14.1. The number of benzene rings is 1. The molecule has 1 aliphatic rings. The van der Waals surface area contributed by atoms with Crippen molar-refractivity contribution in [1.29, 1.82) is 0 Å². The Kier molecular flexibility index (Phi) is 4.15. The van der Waals surface area contributed by atoms with E-state index in [4.69, 9.17) is 11.6 Å². The van der Waals surface area contributed by atoms with Gasteiger partial charge >= 0.3 is 0 Å². The maximum atomic E-state index is 12.1. The van der Waals surface area contributed by atoms with E-state index in [2.05, 4.69) is 27.3 Å². The molecular formula is C15H13BrClNOS. The van der Waals surface area contributed by atoms with Crippen molar-refractivity contribution in [3.05, 3.63) is 54.6 Å². The predicted molar refractivity (Wildman–Crippen MR) is 86.7 cm³/mol. The molecule has 0 saturated heterocycles. The van der Waals surface area contributed by atoms with E-state index in [9.17, 15) is 4.79 Å². The minimum atomic E-state index is -0.0732. The first-order valence-corrected chi connectivity index (χ1v) is 8.46. The number of hydrogen-bond donors (Lipinski definition) is 1. The SMILES string of the molecule is O=C(NCc1cc2c(s1)CCC2)c1ccc(Cl)c(Br)c1. The monoisotopic (exact) mass is 369 g/mol. The maximum absolute atomic E-state index is 12.1. The quantitative estimate of drug-likeness (QED) is 0.841. The van der Waals surface area contributed by atoms with Crippen molar-refractivity contribution in [3.8, 4) is 0 Å². The summed E-state index contributed by atoms with van der Waals surface area (Å²) in [6.07, 6.45) is 3.65. The molecule has 104 valence electrons. The zero-order valence-corrected chi connectivity index (χ0v) is 13.9. The number of rotatable bonds is 3. The number of nitrogens with one attached hydrogen (secondary N) is 1. The fourth-order valence-electron chi connectivity index (χ4n) is 2.38. The number of fused-ring (bicyclic) bond motifs is 1. The van der Waals surface area contributed by atoms with Crippen LogP contribution in [0, 0.1) is 0 Å². The standard InChI is InChI=1S/C15H13BrClNOS/c16-12-7-10(4-5-13(12)17)15(19)18-8-11-6-9-2-1-3-14(9)20-11/h4-7H,1-3,8H2,(H,18,19). The molecule has 1 aromatic carbocycles. The van der Waals surface area contributed by atoms with Gasteiger partial charge in [0.2, 0.25) is 0 Å². The Balaban J connectivity index is 1.65. The molecule has 1 heterocycles. The first-order valence-electron chi connectivity index (χ1n) is 6.47. The number of thiophene rings is 1. The number of aryl methyl sites for hydroxylation is 2. The molecule has 20 heavy (non-hydrogen) atoms. The molecule has 0 fully saturated rings. The topological polar surface area (TPSA) is 29.1 Å². The number of carbonyl (C=O) groups excluding carboxylic acids is 1. The lowest BCUT2D eigenvalue weighted by Gasteiger charge is -2.05. The van der Waals surface area contributed by atoms with Crippen LogP contribution in [0.4, 0.5) is 0 Å². The minimum absolute atomic E-state index is 0.0732. The van der Waals surface area contributed by atoms with Gasteiger partial charge in [-0.1, -0.05) is 11.6 Å². The van der Waals surface area contributed by atoms with Gasteiger partial charge in [-0.3, -0.25) is 4.79 Å². The molecule has 0 atom stereocenters. The molecule has 1 N–H and O–H groups in total. The molecule has 1 aliphatic carbocycles. The Labute approximate surface area is 135 Å². The second kappa shape index (κ2) is 5.88. The molecule has 0 radical (unpaired) electrons. The van der Waals surface area contributed by atoms with Crippen molar-refractivity contribution in [2.45, 2.75) is 25.8 Å².